The largest absolute Gasteiger partial charge is 0.0776 e. The van der Waals surface area contributed by atoms with Crippen LogP contribution in [0.25, 0.3) is 22.3 Å². The van der Waals surface area contributed by atoms with E-state index in [0.29, 0.717) is 53.3 Å². The van der Waals surface area contributed by atoms with E-state index in [0.717, 1.165) is 0 Å². The molecule has 5 aromatic rings. The summed E-state index contributed by atoms with van der Waals surface area (Å²) in [5, 5.41) is 0. The molecule has 0 radical (unpaired) electrons. The highest BCUT2D eigenvalue weighted by Gasteiger charge is 2.24. The summed E-state index contributed by atoms with van der Waals surface area (Å²) in [6, 6.07) is 35.9. The van der Waals surface area contributed by atoms with Gasteiger partial charge in [0.1, 0.15) is 0 Å². The quantitative estimate of drug-likeness (QED) is 0.124. The Morgan fingerprint density at radius 2 is 0.585 bits per heavy atom. The number of rotatable bonds is 11. The van der Waals surface area contributed by atoms with Crippen LogP contribution in [-0.4, -0.2) is 0 Å². The van der Waals surface area contributed by atoms with E-state index in [1.54, 1.807) is 27.8 Å². The van der Waals surface area contributed by atoms with Gasteiger partial charge < -0.3 is 0 Å². The van der Waals surface area contributed by atoms with Gasteiger partial charge in [-0.1, -0.05) is 272 Å². The lowest BCUT2D eigenvalue weighted by atomic mass is 9.77. The fraction of sp³-hybridized carbons (Fsp3) is 0.538. The Bertz CT molecular complexity index is 2030. The maximum Gasteiger partial charge on any atom is -0.0132 e. The van der Waals surface area contributed by atoms with Crippen LogP contribution in [-0.2, 0) is 5.41 Å². The van der Waals surface area contributed by atoms with Crippen molar-refractivity contribution in [2.24, 2.45) is 0 Å². The van der Waals surface area contributed by atoms with Gasteiger partial charge in [-0.15, -0.1) is 0 Å². The standard InChI is InChI=1S/2C21H28.C19H32.4CH4/c1-14(2)19-12-18(17-10-8-7-9-11-17)13-20(15(3)4)21(19)16(5)6;1-14(2)18-12-13-19(17-10-8-7-9-11-17)21(16(5)6)20(18)15(3)4;1-12(2)16-10-15(19(7,8)9)11-17(13(3)4)18(16)14(5)6;;;;/h2*7-16H,1-6H3;10-14H,1-9H3;4*1H4. The monoisotopic (exact) mass is 885 g/mol. The summed E-state index contributed by atoms with van der Waals surface area (Å²) in [7, 11) is 0. The predicted octanol–water partition coefficient (Wildman–Crippen LogP) is 22.3. The van der Waals surface area contributed by atoms with Crippen molar-refractivity contribution < 1.29 is 0 Å². The highest BCUT2D eigenvalue weighted by Crippen LogP contribution is 2.41. The van der Waals surface area contributed by atoms with Crippen LogP contribution in [0.3, 0.4) is 0 Å². The van der Waals surface area contributed by atoms with Crippen LogP contribution in [0.15, 0.2) is 97.1 Å². The zero-order valence-electron chi connectivity index (χ0n) is 42.9. The summed E-state index contributed by atoms with van der Waals surface area (Å²) in [6.07, 6.45) is 0. The molecule has 0 fully saturated rings. The molecule has 0 saturated heterocycles. The molecule has 5 rings (SSSR count). The first-order valence-electron chi connectivity index (χ1n) is 24.0. The maximum atomic E-state index is 2.45. The van der Waals surface area contributed by atoms with Gasteiger partial charge in [0.05, 0.1) is 0 Å². The average molecular weight is 886 g/mol. The van der Waals surface area contributed by atoms with Crippen molar-refractivity contribution in [3.05, 3.63) is 153 Å². The first-order valence-corrected chi connectivity index (χ1v) is 24.0. The van der Waals surface area contributed by atoms with Gasteiger partial charge in [0.25, 0.3) is 0 Å². The minimum atomic E-state index is 0. The molecule has 65 heavy (non-hydrogen) atoms. The van der Waals surface area contributed by atoms with Crippen LogP contribution < -0.4 is 0 Å². The molecule has 0 bridgehead atoms. The fourth-order valence-electron chi connectivity index (χ4n) is 9.16. The minimum absolute atomic E-state index is 0. The van der Waals surface area contributed by atoms with Gasteiger partial charge in [-0.05, 0) is 137 Å². The average Bonchev–Trinajstić information content (AvgIpc) is 3.19. The molecule has 0 saturated carbocycles. The Hall–Kier alpha value is -3.90. The van der Waals surface area contributed by atoms with E-state index in [1.807, 2.05) is 0 Å². The Labute approximate surface area is 406 Å². The van der Waals surface area contributed by atoms with E-state index in [-0.39, 0.29) is 35.1 Å². The van der Waals surface area contributed by atoms with Crippen LogP contribution >= 0.6 is 0 Å². The second-order valence-electron chi connectivity index (χ2n) is 21.5. The number of hydrogen-bond acceptors (Lipinski definition) is 0. The Morgan fingerprint density at radius 3 is 0.877 bits per heavy atom. The summed E-state index contributed by atoms with van der Waals surface area (Å²) in [5.41, 5.74) is 20.9. The third kappa shape index (κ3) is 16.4. The van der Waals surface area contributed by atoms with Crippen LogP contribution in [0, 0.1) is 0 Å². The van der Waals surface area contributed by atoms with E-state index in [1.165, 1.54) is 50.1 Å². The van der Waals surface area contributed by atoms with Crippen LogP contribution in [0.5, 0.6) is 0 Å². The highest BCUT2D eigenvalue weighted by atomic mass is 14.3. The first-order chi connectivity index (χ1) is 28.4. The molecule has 0 nitrogen and oxygen atoms in total. The zero-order chi connectivity index (χ0) is 46.1. The van der Waals surface area contributed by atoms with Gasteiger partial charge in [0.2, 0.25) is 0 Å². The molecule has 0 aliphatic heterocycles. The number of benzene rings is 5. The first kappa shape index (κ1) is 63.2. The second-order valence-corrected chi connectivity index (χ2v) is 21.5. The van der Waals surface area contributed by atoms with Gasteiger partial charge in [-0.25, -0.2) is 0 Å². The maximum absolute atomic E-state index is 2.45. The van der Waals surface area contributed by atoms with Crippen molar-refractivity contribution in [2.45, 2.75) is 234 Å². The third-order valence-corrected chi connectivity index (χ3v) is 12.3. The predicted molar refractivity (Wildman–Crippen MR) is 303 cm³/mol. The molecule has 0 N–H and O–H groups in total. The van der Waals surface area contributed by atoms with E-state index in [9.17, 15) is 0 Å². The van der Waals surface area contributed by atoms with Crippen LogP contribution in [0.4, 0.5) is 0 Å². The van der Waals surface area contributed by atoms with Crippen molar-refractivity contribution in [2.75, 3.05) is 0 Å². The molecule has 5 aromatic carbocycles. The molecular formula is C65H104. The summed E-state index contributed by atoms with van der Waals surface area (Å²) >= 11 is 0. The lowest BCUT2D eigenvalue weighted by Crippen LogP contribution is -2.15. The second kappa shape index (κ2) is 27.7. The summed E-state index contributed by atoms with van der Waals surface area (Å²) < 4.78 is 0. The summed E-state index contributed by atoms with van der Waals surface area (Å²) in [4.78, 5) is 0. The Morgan fingerprint density at radius 1 is 0.277 bits per heavy atom. The van der Waals surface area contributed by atoms with Crippen LogP contribution in [0.1, 0.15) is 284 Å². The number of hydrogen-bond donors (Lipinski definition) is 0. The van der Waals surface area contributed by atoms with Crippen molar-refractivity contribution in [1.82, 2.24) is 0 Å². The van der Waals surface area contributed by atoms with E-state index < -0.39 is 0 Å². The van der Waals surface area contributed by atoms with Crippen molar-refractivity contribution >= 4 is 0 Å². The molecule has 0 unspecified atom stereocenters. The lowest BCUT2D eigenvalue weighted by Gasteiger charge is -2.28. The van der Waals surface area contributed by atoms with E-state index >= 15 is 0 Å². The topological polar surface area (TPSA) is 0 Å². The van der Waals surface area contributed by atoms with Gasteiger partial charge in [0.15, 0.2) is 0 Å². The van der Waals surface area contributed by atoms with Crippen molar-refractivity contribution in [3.63, 3.8) is 0 Å². The van der Waals surface area contributed by atoms with Crippen LogP contribution in [0.2, 0.25) is 0 Å². The molecule has 0 spiro atoms. The van der Waals surface area contributed by atoms with Gasteiger partial charge >= 0.3 is 0 Å². The molecule has 0 amide bonds. The molecule has 0 aliphatic carbocycles. The Balaban J connectivity index is 0. The van der Waals surface area contributed by atoms with Gasteiger partial charge in [-0.2, -0.15) is 0 Å². The highest BCUT2D eigenvalue weighted by molar-refractivity contribution is 5.71. The van der Waals surface area contributed by atoms with E-state index in [2.05, 4.69) is 242 Å². The molecule has 364 valence electrons. The van der Waals surface area contributed by atoms with Crippen molar-refractivity contribution in [1.29, 1.82) is 0 Å². The van der Waals surface area contributed by atoms with E-state index in [4.69, 9.17) is 0 Å². The third-order valence-electron chi connectivity index (χ3n) is 12.3. The smallest absolute Gasteiger partial charge is 0.0132 e. The van der Waals surface area contributed by atoms with Gasteiger partial charge in [-0.3, -0.25) is 0 Å². The minimum Gasteiger partial charge on any atom is -0.0776 e. The molecule has 0 heteroatoms. The summed E-state index contributed by atoms with van der Waals surface area (Å²) in [6.45, 7) is 48.6. The Kier molecular flexibility index (Phi) is 26.9. The zero-order valence-corrected chi connectivity index (χ0v) is 42.9. The SMILES string of the molecule is C.C.C.C.CC(C)c1cc(-c2ccccc2)cc(C(C)C)c1C(C)C.CC(C)c1cc(C(C)(C)C)cc(C(C)C)c1C(C)C.CC(C)c1ccc(-c2ccccc2)c(C(C)C)c1C(C)C. The molecule has 0 atom stereocenters. The molecule has 0 heterocycles. The van der Waals surface area contributed by atoms with Gasteiger partial charge in [0, 0.05) is 0 Å². The lowest BCUT2D eigenvalue weighted by molar-refractivity contribution is 0.584. The summed E-state index contributed by atoms with van der Waals surface area (Å²) in [5.74, 6) is 5.15. The molecule has 0 aromatic heterocycles. The molecular weight excluding hydrogens is 781 g/mol. The normalized spacial score (nSPS) is 11.3. The molecule has 0 aliphatic rings. The van der Waals surface area contributed by atoms with Crippen molar-refractivity contribution in [3.8, 4) is 22.3 Å². The fourth-order valence-corrected chi connectivity index (χ4v) is 9.16.